The van der Waals surface area contributed by atoms with E-state index in [1.807, 2.05) is 0 Å². The van der Waals surface area contributed by atoms with Crippen molar-refractivity contribution in [1.82, 2.24) is 4.40 Å². The SMILES string of the molecule is Cc1ccc2c3ccccc3n3c4cc(CC(C)(C)C)cc5cc[n+](C)c(c1c23)c54. The van der Waals surface area contributed by atoms with Gasteiger partial charge in [-0.3, -0.25) is 0 Å². The zero-order valence-corrected chi connectivity index (χ0v) is 18.4. The summed E-state index contributed by atoms with van der Waals surface area (Å²) in [6.45, 7) is 9.21. The first-order valence-corrected chi connectivity index (χ1v) is 10.8. The van der Waals surface area contributed by atoms with Gasteiger partial charge in [0.2, 0.25) is 5.52 Å². The molecule has 148 valence electrons. The van der Waals surface area contributed by atoms with Crippen molar-refractivity contribution < 1.29 is 4.57 Å². The van der Waals surface area contributed by atoms with Crippen molar-refractivity contribution in [3.8, 4) is 0 Å². The van der Waals surface area contributed by atoms with Crippen LogP contribution in [-0.4, -0.2) is 4.40 Å². The minimum absolute atomic E-state index is 0.250. The van der Waals surface area contributed by atoms with Crippen LogP contribution in [0.2, 0.25) is 0 Å². The van der Waals surface area contributed by atoms with Gasteiger partial charge >= 0.3 is 0 Å². The third-order valence-corrected chi connectivity index (χ3v) is 6.53. The Morgan fingerprint density at radius 3 is 2.47 bits per heavy atom. The molecule has 2 heteroatoms. The third kappa shape index (κ3) is 2.28. The number of benzene rings is 3. The van der Waals surface area contributed by atoms with Crippen LogP contribution in [0.25, 0.3) is 49.0 Å². The first kappa shape index (κ1) is 17.7. The molecule has 0 N–H and O–H groups in total. The van der Waals surface area contributed by atoms with Crippen molar-refractivity contribution in [3.05, 3.63) is 71.9 Å². The lowest BCUT2D eigenvalue weighted by atomic mass is 9.87. The lowest BCUT2D eigenvalue weighted by Gasteiger charge is -2.20. The number of aryl methyl sites for hydroxylation is 2. The summed E-state index contributed by atoms with van der Waals surface area (Å²) < 4.78 is 4.83. The fourth-order valence-electron chi connectivity index (χ4n) is 5.44. The Morgan fingerprint density at radius 2 is 1.67 bits per heavy atom. The monoisotopic (exact) mass is 391 g/mol. The quantitative estimate of drug-likeness (QED) is 0.167. The van der Waals surface area contributed by atoms with Crippen LogP contribution in [0.15, 0.2) is 60.8 Å². The zero-order chi connectivity index (χ0) is 20.8. The minimum Gasteiger partial charge on any atom is -0.307 e. The predicted octanol–water partition coefficient (Wildman–Crippen LogP) is 6.71. The Balaban J connectivity index is 1.98. The van der Waals surface area contributed by atoms with Crippen molar-refractivity contribution in [3.63, 3.8) is 0 Å². The van der Waals surface area contributed by atoms with Crippen LogP contribution in [0.1, 0.15) is 31.9 Å². The highest BCUT2D eigenvalue weighted by Crippen LogP contribution is 2.41. The normalized spacial score (nSPS) is 13.0. The average molecular weight is 392 g/mol. The molecule has 6 aromatic rings. The van der Waals surface area contributed by atoms with E-state index in [4.69, 9.17) is 0 Å². The molecule has 0 fully saturated rings. The van der Waals surface area contributed by atoms with Crippen molar-refractivity contribution in [2.45, 2.75) is 34.1 Å². The van der Waals surface area contributed by atoms with Crippen LogP contribution in [0.4, 0.5) is 0 Å². The van der Waals surface area contributed by atoms with E-state index in [-0.39, 0.29) is 5.41 Å². The highest BCUT2D eigenvalue weighted by Gasteiger charge is 2.24. The number of hydrogen-bond donors (Lipinski definition) is 0. The molecule has 0 spiro atoms. The average Bonchev–Trinajstić information content (AvgIpc) is 3.02. The van der Waals surface area contributed by atoms with Crippen LogP contribution in [0, 0.1) is 12.3 Å². The molecule has 0 bridgehead atoms. The smallest absolute Gasteiger partial charge is 0.224 e. The molecule has 0 aliphatic heterocycles. The van der Waals surface area contributed by atoms with Crippen LogP contribution < -0.4 is 4.57 Å². The molecule has 0 saturated carbocycles. The van der Waals surface area contributed by atoms with Gasteiger partial charge in [-0.1, -0.05) is 57.2 Å². The molecule has 0 saturated heterocycles. The molecular weight excluding hydrogens is 364 g/mol. The Hall–Kier alpha value is -3.13. The number of para-hydroxylation sites is 1. The summed E-state index contributed by atoms with van der Waals surface area (Å²) in [6, 6.07) is 20.6. The number of aromatic nitrogens is 2. The standard InChI is InChI=1S/C28H27N2/c1-17-10-11-21-20-8-6-7-9-22(20)30-23-15-18(16-28(2,3)4)14-19-12-13-29(5)27(25(19)23)24(17)26(21)30/h6-15H,16H2,1-5H3/q+1. The van der Waals surface area contributed by atoms with Crippen molar-refractivity contribution in [2.75, 3.05) is 0 Å². The maximum atomic E-state index is 2.52. The summed E-state index contributed by atoms with van der Waals surface area (Å²) in [4.78, 5) is 0. The van der Waals surface area contributed by atoms with E-state index in [0.717, 1.165) is 6.42 Å². The first-order valence-electron chi connectivity index (χ1n) is 10.8. The topological polar surface area (TPSA) is 8.29 Å². The van der Waals surface area contributed by atoms with Crippen molar-refractivity contribution >= 4 is 49.0 Å². The Kier molecular flexibility index (Phi) is 3.38. The fourth-order valence-corrected chi connectivity index (χ4v) is 5.44. The molecule has 0 atom stereocenters. The molecular formula is C28H27N2+. The van der Waals surface area contributed by atoms with Gasteiger partial charge < -0.3 is 4.40 Å². The lowest BCUT2D eigenvalue weighted by molar-refractivity contribution is -0.643. The van der Waals surface area contributed by atoms with Gasteiger partial charge in [0.15, 0.2) is 6.20 Å². The minimum atomic E-state index is 0.250. The second-order valence-electron chi connectivity index (χ2n) is 10.1. The lowest BCUT2D eigenvalue weighted by Crippen LogP contribution is -2.29. The highest BCUT2D eigenvalue weighted by atomic mass is 15.0. The highest BCUT2D eigenvalue weighted by molar-refractivity contribution is 6.25. The van der Waals surface area contributed by atoms with Crippen molar-refractivity contribution in [2.24, 2.45) is 12.5 Å². The first-order chi connectivity index (χ1) is 14.3. The predicted molar refractivity (Wildman–Crippen MR) is 128 cm³/mol. The maximum Gasteiger partial charge on any atom is 0.224 e. The molecule has 0 unspecified atom stereocenters. The summed E-state index contributed by atoms with van der Waals surface area (Å²) >= 11 is 0. The summed E-state index contributed by atoms with van der Waals surface area (Å²) in [5, 5.41) is 6.74. The summed E-state index contributed by atoms with van der Waals surface area (Å²) in [5.74, 6) is 0. The second-order valence-corrected chi connectivity index (χ2v) is 10.1. The van der Waals surface area contributed by atoms with Gasteiger partial charge in [0.25, 0.3) is 0 Å². The maximum absolute atomic E-state index is 2.52. The number of nitrogens with zero attached hydrogens (tertiary/aromatic N) is 2. The Bertz CT molecular complexity index is 1610. The number of pyridine rings is 2. The van der Waals surface area contributed by atoms with E-state index in [0.29, 0.717) is 0 Å². The second kappa shape index (κ2) is 5.72. The van der Waals surface area contributed by atoms with Gasteiger partial charge in [-0.15, -0.1) is 0 Å². The van der Waals surface area contributed by atoms with Gasteiger partial charge in [0.05, 0.1) is 27.3 Å². The van der Waals surface area contributed by atoms with Crippen LogP contribution in [0.5, 0.6) is 0 Å². The molecule has 3 aromatic carbocycles. The Morgan fingerprint density at radius 1 is 0.867 bits per heavy atom. The summed E-state index contributed by atoms with van der Waals surface area (Å²) in [7, 11) is 2.18. The number of fused-ring (bicyclic) bond motifs is 5. The zero-order valence-electron chi connectivity index (χ0n) is 18.4. The fraction of sp³-hybridized carbons (Fsp3) is 0.250. The number of hydrogen-bond acceptors (Lipinski definition) is 0. The molecule has 2 nitrogen and oxygen atoms in total. The Labute approximate surface area is 176 Å². The van der Waals surface area contributed by atoms with Gasteiger partial charge in [-0.05, 0) is 47.4 Å². The van der Waals surface area contributed by atoms with E-state index < -0.39 is 0 Å². The van der Waals surface area contributed by atoms with Crippen LogP contribution in [-0.2, 0) is 13.5 Å². The van der Waals surface area contributed by atoms with Gasteiger partial charge in [-0.2, -0.15) is 0 Å². The summed E-state index contributed by atoms with van der Waals surface area (Å²) in [5.41, 5.74) is 8.29. The summed E-state index contributed by atoms with van der Waals surface area (Å²) in [6.07, 6.45) is 3.29. The third-order valence-electron chi connectivity index (χ3n) is 6.53. The molecule has 0 aliphatic rings. The molecule has 0 radical (unpaired) electrons. The van der Waals surface area contributed by atoms with E-state index in [2.05, 4.69) is 105 Å². The molecule has 0 aliphatic carbocycles. The van der Waals surface area contributed by atoms with Gasteiger partial charge in [0.1, 0.15) is 7.05 Å². The van der Waals surface area contributed by atoms with Crippen LogP contribution in [0.3, 0.4) is 0 Å². The molecule has 3 aromatic heterocycles. The molecule has 6 rings (SSSR count). The van der Waals surface area contributed by atoms with Gasteiger partial charge in [0, 0.05) is 16.8 Å². The van der Waals surface area contributed by atoms with E-state index in [9.17, 15) is 0 Å². The van der Waals surface area contributed by atoms with Gasteiger partial charge in [-0.25, -0.2) is 4.57 Å². The van der Waals surface area contributed by atoms with Crippen molar-refractivity contribution in [1.29, 1.82) is 0 Å². The molecule has 30 heavy (non-hydrogen) atoms. The van der Waals surface area contributed by atoms with Crippen LogP contribution >= 0.6 is 0 Å². The van der Waals surface area contributed by atoms with E-state index in [1.165, 1.54) is 60.1 Å². The number of rotatable bonds is 1. The molecule has 0 amide bonds. The van der Waals surface area contributed by atoms with E-state index >= 15 is 0 Å². The molecule has 3 heterocycles. The van der Waals surface area contributed by atoms with E-state index in [1.54, 1.807) is 0 Å². The largest absolute Gasteiger partial charge is 0.307 e.